The minimum absolute atomic E-state index is 0.000972. The van der Waals surface area contributed by atoms with Gasteiger partial charge in [-0.25, -0.2) is 5.90 Å². The van der Waals surface area contributed by atoms with Crippen molar-refractivity contribution in [3.63, 3.8) is 0 Å². The first-order chi connectivity index (χ1) is 7.27. The topological polar surface area (TPSA) is 48.4 Å². The van der Waals surface area contributed by atoms with Gasteiger partial charge in [0.1, 0.15) is 5.76 Å². The Balaban J connectivity index is 2.24. The molecule has 1 saturated carbocycles. The molecule has 0 aromatic carbocycles. The second-order valence-electron chi connectivity index (χ2n) is 4.26. The van der Waals surface area contributed by atoms with Crippen LogP contribution < -0.4 is 5.90 Å². The van der Waals surface area contributed by atoms with E-state index in [1.807, 2.05) is 12.1 Å². The molecule has 0 unspecified atom stereocenters. The van der Waals surface area contributed by atoms with Crippen molar-refractivity contribution in [3.05, 3.63) is 22.6 Å². The van der Waals surface area contributed by atoms with E-state index in [2.05, 4.69) is 15.9 Å². The maximum atomic E-state index is 5.66. The molecule has 2 rings (SSSR count). The molecule has 4 heteroatoms. The summed E-state index contributed by atoms with van der Waals surface area (Å²) in [5.74, 6) is 6.23. The van der Waals surface area contributed by atoms with Crippen molar-refractivity contribution in [1.82, 2.24) is 0 Å². The molecule has 0 spiro atoms. The molecule has 0 atom stereocenters. The summed E-state index contributed by atoms with van der Waals surface area (Å²) in [5.41, 5.74) is -0.000972. The van der Waals surface area contributed by atoms with Crippen molar-refractivity contribution < 1.29 is 9.25 Å². The predicted octanol–water partition coefficient (Wildman–Crippen LogP) is 3.13. The Bertz CT molecular complexity index is 313. The summed E-state index contributed by atoms with van der Waals surface area (Å²) in [5, 5.41) is 0. The molecule has 2 N–H and O–H groups in total. The van der Waals surface area contributed by atoms with E-state index in [1.54, 1.807) is 0 Å². The van der Waals surface area contributed by atoms with Gasteiger partial charge in [0.05, 0.1) is 12.0 Å². The van der Waals surface area contributed by atoms with Crippen LogP contribution in [0.5, 0.6) is 0 Å². The van der Waals surface area contributed by atoms with E-state index in [9.17, 15) is 0 Å². The Morgan fingerprint density at radius 3 is 2.60 bits per heavy atom. The molecule has 3 nitrogen and oxygen atoms in total. The standard InChI is InChI=1S/C11H16BrNO2/c12-10-5-4-9(15-10)11(8-14-13)6-2-1-3-7-11/h4-5H,1-3,6-8,13H2. The Kier molecular flexibility index (Phi) is 3.49. The maximum absolute atomic E-state index is 5.66. The first kappa shape index (κ1) is 11.2. The van der Waals surface area contributed by atoms with Crippen LogP contribution in [-0.2, 0) is 10.3 Å². The summed E-state index contributed by atoms with van der Waals surface area (Å²) in [7, 11) is 0. The number of rotatable bonds is 3. The number of nitrogens with two attached hydrogens (primary N) is 1. The van der Waals surface area contributed by atoms with Crippen LogP contribution in [0.3, 0.4) is 0 Å². The van der Waals surface area contributed by atoms with Crippen molar-refractivity contribution in [2.75, 3.05) is 6.61 Å². The van der Waals surface area contributed by atoms with E-state index in [0.717, 1.165) is 23.3 Å². The molecular formula is C11H16BrNO2. The fourth-order valence-corrected chi connectivity index (χ4v) is 2.76. The van der Waals surface area contributed by atoms with Crippen molar-refractivity contribution in [2.45, 2.75) is 37.5 Å². The smallest absolute Gasteiger partial charge is 0.169 e. The lowest BCUT2D eigenvalue weighted by atomic mass is 9.73. The molecule has 1 heterocycles. The van der Waals surface area contributed by atoms with Gasteiger partial charge in [0.25, 0.3) is 0 Å². The lowest BCUT2D eigenvalue weighted by molar-refractivity contribution is 0.0533. The molecule has 1 aromatic heterocycles. The van der Waals surface area contributed by atoms with Gasteiger partial charge >= 0.3 is 0 Å². The molecule has 1 fully saturated rings. The van der Waals surface area contributed by atoms with Gasteiger partial charge in [-0.05, 0) is 40.9 Å². The third kappa shape index (κ3) is 2.27. The number of halogens is 1. The Morgan fingerprint density at radius 1 is 1.33 bits per heavy atom. The highest BCUT2D eigenvalue weighted by Gasteiger charge is 2.37. The monoisotopic (exact) mass is 273 g/mol. The van der Waals surface area contributed by atoms with E-state index >= 15 is 0 Å². The first-order valence-electron chi connectivity index (χ1n) is 5.34. The average Bonchev–Trinajstić information content (AvgIpc) is 2.67. The van der Waals surface area contributed by atoms with Crippen LogP contribution in [0.2, 0.25) is 0 Å². The summed E-state index contributed by atoms with van der Waals surface area (Å²) < 4.78 is 6.44. The Hall–Kier alpha value is -0.320. The van der Waals surface area contributed by atoms with Crippen LogP contribution in [0.15, 0.2) is 21.2 Å². The summed E-state index contributed by atoms with van der Waals surface area (Å²) >= 11 is 3.34. The molecule has 0 bridgehead atoms. The van der Waals surface area contributed by atoms with Gasteiger partial charge in [0, 0.05) is 0 Å². The van der Waals surface area contributed by atoms with Gasteiger partial charge in [-0.15, -0.1) is 0 Å². The molecular weight excluding hydrogens is 258 g/mol. The first-order valence-corrected chi connectivity index (χ1v) is 6.14. The summed E-state index contributed by atoms with van der Waals surface area (Å²) in [6.07, 6.45) is 5.95. The molecule has 84 valence electrons. The molecule has 1 aromatic rings. The molecule has 0 radical (unpaired) electrons. The van der Waals surface area contributed by atoms with Crippen molar-refractivity contribution in [2.24, 2.45) is 5.90 Å². The van der Waals surface area contributed by atoms with E-state index in [-0.39, 0.29) is 5.41 Å². The molecule has 1 aliphatic carbocycles. The zero-order valence-corrected chi connectivity index (χ0v) is 10.3. The third-order valence-electron chi connectivity index (χ3n) is 3.27. The lowest BCUT2D eigenvalue weighted by Gasteiger charge is -2.34. The highest BCUT2D eigenvalue weighted by Crippen LogP contribution is 2.40. The Labute approximate surface area is 98.0 Å². The fourth-order valence-electron chi connectivity index (χ4n) is 2.45. The molecule has 1 aliphatic rings. The van der Waals surface area contributed by atoms with Gasteiger partial charge in [0.15, 0.2) is 4.67 Å². The predicted molar refractivity (Wildman–Crippen MR) is 61.3 cm³/mol. The van der Waals surface area contributed by atoms with Gasteiger partial charge in [-0.1, -0.05) is 19.3 Å². The third-order valence-corrected chi connectivity index (χ3v) is 3.69. The van der Waals surface area contributed by atoms with Gasteiger partial charge in [-0.2, -0.15) is 0 Å². The van der Waals surface area contributed by atoms with Crippen LogP contribution in [-0.4, -0.2) is 6.61 Å². The summed E-state index contributed by atoms with van der Waals surface area (Å²) in [6, 6.07) is 3.95. The SMILES string of the molecule is NOCC1(c2ccc(Br)o2)CCCCC1. The molecule has 15 heavy (non-hydrogen) atoms. The van der Waals surface area contributed by atoms with E-state index < -0.39 is 0 Å². The van der Waals surface area contributed by atoms with E-state index in [1.165, 1.54) is 19.3 Å². The highest BCUT2D eigenvalue weighted by molar-refractivity contribution is 9.10. The van der Waals surface area contributed by atoms with Crippen molar-refractivity contribution in [3.8, 4) is 0 Å². The lowest BCUT2D eigenvalue weighted by Crippen LogP contribution is -2.35. The minimum atomic E-state index is -0.000972. The second kappa shape index (κ2) is 4.68. The van der Waals surface area contributed by atoms with E-state index in [4.69, 9.17) is 15.2 Å². The van der Waals surface area contributed by atoms with Crippen LogP contribution in [0, 0.1) is 0 Å². The second-order valence-corrected chi connectivity index (χ2v) is 5.04. The molecule has 0 aliphatic heterocycles. The zero-order chi connectivity index (χ0) is 10.7. The summed E-state index contributed by atoms with van der Waals surface area (Å²) in [4.78, 5) is 4.87. The largest absolute Gasteiger partial charge is 0.454 e. The number of hydrogen-bond acceptors (Lipinski definition) is 3. The number of hydrogen-bond donors (Lipinski definition) is 1. The average molecular weight is 274 g/mol. The van der Waals surface area contributed by atoms with Gasteiger partial charge in [-0.3, -0.25) is 0 Å². The highest BCUT2D eigenvalue weighted by atomic mass is 79.9. The Morgan fingerprint density at radius 2 is 2.07 bits per heavy atom. The number of furan rings is 1. The summed E-state index contributed by atoms with van der Waals surface area (Å²) in [6.45, 7) is 0.549. The minimum Gasteiger partial charge on any atom is -0.454 e. The van der Waals surface area contributed by atoms with Crippen LogP contribution in [0.25, 0.3) is 0 Å². The van der Waals surface area contributed by atoms with Crippen LogP contribution in [0.1, 0.15) is 37.9 Å². The zero-order valence-electron chi connectivity index (χ0n) is 8.67. The van der Waals surface area contributed by atoms with Crippen LogP contribution >= 0.6 is 15.9 Å². The molecule has 0 amide bonds. The van der Waals surface area contributed by atoms with Crippen LogP contribution in [0.4, 0.5) is 0 Å². The van der Waals surface area contributed by atoms with Crippen molar-refractivity contribution in [1.29, 1.82) is 0 Å². The van der Waals surface area contributed by atoms with Gasteiger partial charge < -0.3 is 9.25 Å². The molecule has 0 saturated heterocycles. The normalized spacial score (nSPS) is 20.4. The van der Waals surface area contributed by atoms with E-state index in [0.29, 0.717) is 6.61 Å². The van der Waals surface area contributed by atoms with Gasteiger partial charge in [0.2, 0.25) is 0 Å². The van der Waals surface area contributed by atoms with Crippen molar-refractivity contribution >= 4 is 15.9 Å². The fraction of sp³-hybridized carbons (Fsp3) is 0.636. The quantitative estimate of drug-likeness (QED) is 0.861. The maximum Gasteiger partial charge on any atom is 0.169 e.